The zero-order valence-electron chi connectivity index (χ0n) is 5.97. The van der Waals surface area contributed by atoms with E-state index in [0.717, 1.165) is 0 Å². The highest BCUT2D eigenvalue weighted by molar-refractivity contribution is 7.32. The third-order valence-corrected chi connectivity index (χ3v) is 2.18. The quantitative estimate of drug-likeness (QED) is 0.716. The van der Waals surface area contributed by atoms with Crippen LogP contribution in [0, 0.1) is 0 Å². The van der Waals surface area contributed by atoms with Crippen molar-refractivity contribution in [3.05, 3.63) is 40.9 Å². The molecule has 0 fully saturated rings. The van der Waals surface area contributed by atoms with Crippen molar-refractivity contribution in [3.63, 3.8) is 0 Å². The van der Waals surface area contributed by atoms with Crippen LogP contribution in [0.3, 0.4) is 0 Å². The first-order valence-electron chi connectivity index (χ1n) is 3.27. The monoisotopic (exact) mass is 184 g/mol. The lowest BCUT2D eigenvalue weighted by atomic mass is 10.3. The Balaban J connectivity index is 2.12. The van der Waals surface area contributed by atoms with Crippen molar-refractivity contribution in [1.82, 2.24) is 0 Å². The molecule has 2 rings (SSSR count). The Kier molecular flexibility index (Phi) is 1.76. The van der Waals surface area contributed by atoms with Gasteiger partial charge in [0.2, 0.25) is 0 Å². The Labute approximate surface area is 68.7 Å². The molecule has 1 aromatic heterocycles. The van der Waals surface area contributed by atoms with Crippen LogP contribution >= 0.6 is 8.24 Å². The molecule has 1 aromatic carbocycles. The van der Waals surface area contributed by atoms with Gasteiger partial charge in [-0.05, 0) is 12.1 Å². The van der Waals surface area contributed by atoms with E-state index in [4.69, 9.17) is 4.52 Å². The van der Waals surface area contributed by atoms with E-state index in [2.05, 4.69) is 8.39 Å². The van der Waals surface area contributed by atoms with E-state index in [1.54, 1.807) is 12.1 Å². The lowest BCUT2D eigenvalue weighted by molar-refractivity contribution is 0.303. The Morgan fingerprint density at radius 1 is 1.17 bits per heavy atom. The summed E-state index contributed by atoms with van der Waals surface area (Å²) in [6, 6.07) is 9.04. The highest BCUT2D eigenvalue weighted by atomic mass is 31.1. The second-order valence-electron chi connectivity index (χ2n) is 2.06. The summed E-state index contributed by atoms with van der Waals surface area (Å²) in [6.45, 7) is 0. The van der Waals surface area contributed by atoms with Gasteiger partial charge in [0.25, 0.3) is 0 Å². The molecule has 2 aromatic rings. The van der Waals surface area contributed by atoms with Crippen LogP contribution in [0.1, 0.15) is 0 Å². The minimum absolute atomic E-state index is 0.635. The third-order valence-electron chi connectivity index (χ3n) is 1.22. The van der Waals surface area contributed by atoms with Gasteiger partial charge >= 0.3 is 14.1 Å². The van der Waals surface area contributed by atoms with Crippen molar-refractivity contribution in [2.24, 2.45) is 0 Å². The fraction of sp³-hybridized carbons (Fsp3) is 0. The van der Waals surface area contributed by atoms with E-state index in [1.807, 2.05) is 18.2 Å². The molecule has 0 N–H and O–H groups in total. The van der Waals surface area contributed by atoms with Crippen LogP contribution in [0.4, 0.5) is 0 Å². The van der Waals surface area contributed by atoms with Gasteiger partial charge in [-0.2, -0.15) is 0 Å². The molecule has 0 aliphatic rings. The summed E-state index contributed by atoms with van der Waals surface area (Å²) in [6.07, 6.45) is 0. The molecule has 1 heterocycles. The van der Waals surface area contributed by atoms with Gasteiger partial charge in [-0.3, -0.25) is 0 Å². The zero-order valence-corrected chi connectivity index (χ0v) is 6.86. The molecule has 0 saturated carbocycles. The molecule has 12 heavy (non-hydrogen) atoms. The van der Waals surface area contributed by atoms with Crippen molar-refractivity contribution >= 4 is 8.24 Å². The van der Waals surface area contributed by atoms with E-state index < -0.39 is 14.1 Å². The molecular weight excluding hydrogens is 179 g/mol. The zero-order chi connectivity index (χ0) is 8.39. The molecule has 0 atom stereocenters. The van der Waals surface area contributed by atoms with E-state index in [-0.39, 0.29) is 0 Å². The van der Waals surface area contributed by atoms with Crippen LogP contribution in [0.25, 0.3) is 0 Å². The molecule has 0 aliphatic heterocycles. The maximum Gasteiger partial charge on any atom is 0.532 e. The first-order valence-corrected chi connectivity index (χ1v) is 4.37. The summed E-state index contributed by atoms with van der Waals surface area (Å²) < 4.78 is 14.2. The summed E-state index contributed by atoms with van der Waals surface area (Å²) in [5.74, 6) is -0.0341. The van der Waals surface area contributed by atoms with Gasteiger partial charge in [0.05, 0.1) is 0 Å². The highest BCUT2D eigenvalue weighted by Gasteiger charge is 2.07. The molecule has 0 unspecified atom stereocenters. The number of benzene rings is 1. The summed E-state index contributed by atoms with van der Waals surface area (Å²) in [4.78, 5) is 10.2. The Morgan fingerprint density at radius 3 is 2.42 bits per heavy atom. The Morgan fingerprint density at radius 2 is 1.83 bits per heavy atom. The fourth-order valence-electron chi connectivity index (χ4n) is 0.733. The van der Waals surface area contributed by atoms with Crippen LogP contribution in [-0.4, -0.2) is 0 Å². The van der Waals surface area contributed by atoms with Crippen LogP contribution in [0.2, 0.25) is 0 Å². The van der Waals surface area contributed by atoms with Crippen molar-refractivity contribution in [1.29, 1.82) is 0 Å². The SMILES string of the molecule is O=c1op(Oc2ccccc2)o1. The maximum atomic E-state index is 10.2. The first-order chi connectivity index (χ1) is 5.84. The van der Waals surface area contributed by atoms with Crippen molar-refractivity contribution < 1.29 is 12.9 Å². The average Bonchev–Trinajstić information content (AvgIpc) is 2.04. The smallest absolute Gasteiger partial charge is 0.391 e. The molecule has 62 valence electrons. The Bertz CT molecular complexity index is 381. The fourth-order valence-corrected chi connectivity index (χ4v) is 1.36. The normalized spacial score (nSPS) is 10.0. The van der Waals surface area contributed by atoms with Crippen LogP contribution in [-0.2, 0) is 0 Å². The van der Waals surface area contributed by atoms with Crippen molar-refractivity contribution in [2.45, 2.75) is 0 Å². The summed E-state index contributed by atoms with van der Waals surface area (Å²) in [5, 5.41) is 0. The number of rotatable bonds is 2. The van der Waals surface area contributed by atoms with E-state index >= 15 is 0 Å². The van der Waals surface area contributed by atoms with Crippen LogP contribution in [0.15, 0.2) is 43.5 Å². The molecule has 0 spiro atoms. The number of hydrogen-bond donors (Lipinski definition) is 0. The van der Waals surface area contributed by atoms with Gasteiger partial charge in [0.15, 0.2) is 0 Å². The van der Waals surface area contributed by atoms with Gasteiger partial charge < -0.3 is 12.9 Å². The Hall–Kier alpha value is -1.41. The standard InChI is InChI=1S/C7H5O4P/c8-7-10-12(11-7)9-6-4-2-1-3-5-6/h1-5H. The topological polar surface area (TPSA) is 52.6 Å². The summed E-state index contributed by atoms with van der Waals surface area (Å²) >= 11 is 0. The predicted molar refractivity (Wildman–Crippen MR) is 42.4 cm³/mol. The largest absolute Gasteiger partial charge is 0.532 e. The van der Waals surface area contributed by atoms with E-state index in [0.29, 0.717) is 5.75 Å². The van der Waals surface area contributed by atoms with Gasteiger partial charge in [-0.1, -0.05) is 18.2 Å². The molecular formula is C7H5O4P. The molecule has 5 heteroatoms. The second kappa shape index (κ2) is 2.91. The van der Waals surface area contributed by atoms with E-state index in [1.165, 1.54) is 0 Å². The minimum atomic E-state index is -1.46. The lowest BCUT2D eigenvalue weighted by Crippen LogP contribution is -1.99. The van der Waals surface area contributed by atoms with Crippen molar-refractivity contribution in [3.8, 4) is 5.75 Å². The first kappa shape index (κ1) is 7.25. The molecule has 0 bridgehead atoms. The van der Waals surface area contributed by atoms with Gasteiger partial charge in [0.1, 0.15) is 5.75 Å². The van der Waals surface area contributed by atoms with Gasteiger partial charge in [-0.25, -0.2) is 4.79 Å². The van der Waals surface area contributed by atoms with Crippen molar-refractivity contribution in [2.75, 3.05) is 0 Å². The average molecular weight is 184 g/mol. The molecule has 0 amide bonds. The summed E-state index contributed by atoms with van der Waals surface area (Å²) in [7, 11) is -1.46. The number of hydrogen-bond acceptors (Lipinski definition) is 4. The molecule has 0 aliphatic carbocycles. The third kappa shape index (κ3) is 1.43. The molecule has 4 nitrogen and oxygen atoms in total. The van der Waals surface area contributed by atoms with E-state index in [9.17, 15) is 4.79 Å². The molecule has 0 saturated heterocycles. The molecule has 0 radical (unpaired) electrons. The second-order valence-corrected chi connectivity index (χ2v) is 3.06. The minimum Gasteiger partial charge on any atom is -0.391 e. The maximum absolute atomic E-state index is 10.2. The highest BCUT2D eigenvalue weighted by Crippen LogP contribution is 2.28. The van der Waals surface area contributed by atoms with Gasteiger partial charge in [0, 0.05) is 0 Å². The van der Waals surface area contributed by atoms with Crippen LogP contribution < -0.4 is 10.3 Å². The van der Waals surface area contributed by atoms with Crippen LogP contribution in [0.5, 0.6) is 5.75 Å². The number of para-hydroxylation sites is 1. The van der Waals surface area contributed by atoms with Gasteiger partial charge in [-0.15, -0.1) is 0 Å². The summed E-state index contributed by atoms with van der Waals surface area (Å²) in [5.41, 5.74) is 0. The lowest BCUT2D eigenvalue weighted by Gasteiger charge is -2.00. The predicted octanol–water partition coefficient (Wildman–Crippen LogP) is 2.06.